The van der Waals surface area contributed by atoms with Crippen molar-refractivity contribution in [2.45, 2.75) is 24.7 Å². The summed E-state index contributed by atoms with van der Waals surface area (Å²) in [6.07, 6.45) is 2.96. The SMILES string of the molecule is NC(=NCC1(c2ccccc2)CCOCC1)NCCc1cccs1. The van der Waals surface area contributed by atoms with Gasteiger partial charge in [0, 0.05) is 30.1 Å². The molecule has 128 valence electrons. The third-order valence-electron chi connectivity index (χ3n) is 4.65. The van der Waals surface area contributed by atoms with Crippen molar-refractivity contribution < 1.29 is 4.74 Å². The Morgan fingerprint density at radius 1 is 1.17 bits per heavy atom. The Hall–Kier alpha value is -1.85. The average molecular weight is 343 g/mol. The number of benzene rings is 1. The van der Waals surface area contributed by atoms with Gasteiger partial charge < -0.3 is 15.8 Å². The summed E-state index contributed by atoms with van der Waals surface area (Å²) in [5.74, 6) is 0.536. The molecular weight excluding hydrogens is 318 g/mol. The smallest absolute Gasteiger partial charge is 0.188 e. The van der Waals surface area contributed by atoms with E-state index in [0.717, 1.165) is 39.0 Å². The number of ether oxygens (including phenoxy) is 1. The van der Waals surface area contributed by atoms with Crippen molar-refractivity contribution in [2.24, 2.45) is 10.7 Å². The number of nitrogens with zero attached hydrogens (tertiary/aromatic N) is 1. The Morgan fingerprint density at radius 3 is 2.67 bits per heavy atom. The number of nitrogens with one attached hydrogen (secondary N) is 1. The van der Waals surface area contributed by atoms with Gasteiger partial charge in [0.05, 0.1) is 6.54 Å². The van der Waals surface area contributed by atoms with Crippen molar-refractivity contribution in [1.82, 2.24) is 5.32 Å². The molecule has 1 fully saturated rings. The topological polar surface area (TPSA) is 59.6 Å². The van der Waals surface area contributed by atoms with E-state index < -0.39 is 0 Å². The molecule has 1 aliphatic heterocycles. The first-order valence-corrected chi connectivity index (χ1v) is 9.36. The Labute approximate surface area is 147 Å². The fourth-order valence-electron chi connectivity index (χ4n) is 3.15. The molecule has 3 N–H and O–H groups in total. The van der Waals surface area contributed by atoms with Gasteiger partial charge in [-0.3, -0.25) is 4.99 Å². The molecule has 0 saturated carbocycles. The Bertz CT molecular complexity index is 634. The lowest BCUT2D eigenvalue weighted by atomic mass is 9.74. The molecule has 0 aliphatic carbocycles. The lowest BCUT2D eigenvalue weighted by Crippen LogP contribution is -2.39. The van der Waals surface area contributed by atoms with Crippen molar-refractivity contribution in [3.63, 3.8) is 0 Å². The second-order valence-electron chi connectivity index (χ2n) is 6.22. The van der Waals surface area contributed by atoms with Gasteiger partial charge in [-0.1, -0.05) is 36.4 Å². The fourth-order valence-corrected chi connectivity index (χ4v) is 3.86. The van der Waals surface area contributed by atoms with Gasteiger partial charge in [-0.15, -0.1) is 11.3 Å². The maximum absolute atomic E-state index is 6.08. The molecule has 3 rings (SSSR count). The van der Waals surface area contributed by atoms with Crippen LogP contribution in [0, 0.1) is 0 Å². The summed E-state index contributed by atoms with van der Waals surface area (Å²) in [7, 11) is 0. The van der Waals surface area contributed by atoms with Crippen LogP contribution in [0.5, 0.6) is 0 Å². The van der Waals surface area contributed by atoms with Crippen LogP contribution in [-0.4, -0.2) is 32.3 Å². The fraction of sp³-hybridized carbons (Fsp3) is 0.421. The molecule has 1 aliphatic rings. The molecule has 0 radical (unpaired) electrons. The van der Waals surface area contributed by atoms with Crippen LogP contribution >= 0.6 is 11.3 Å². The molecule has 2 heterocycles. The zero-order chi connectivity index (χ0) is 16.7. The summed E-state index contributed by atoms with van der Waals surface area (Å²) >= 11 is 1.77. The molecular formula is C19H25N3OS. The monoisotopic (exact) mass is 343 g/mol. The highest BCUT2D eigenvalue weighted by molar-refractivity contribution is 7.09. The van der Waals surface area contributed by atoms with E-state index in [2.05, 4.69) is 58.2 Å². The molecule has 24 heavy (non-hydrogen) atoms. The maximum Gasteiger partial charge on any atom is 0.188 e. The molecule has 5 heteroatoms. The van der Waals surface area contributed by atoms with Crippen molar-refractivity contribution in [2.75, 3.05) is 26.3 Å². The number of aliphatic imine (C=N–C) groups is 1. The van der Waals surface area contributed by atoms with E-state index in [1.165, 1.54) is 10.4 Å². The number of hydrogen-bond donors (Lipinski definition) is 2. The lowest BCUT2D eigenvalue weighted by molar-refractivity contribution is 0.0531. The van der Waals surface area contributed by atoms with Gasteiger partial charge >= 0.3 is 0 Å². The highest BCUT2D eigenvalue weighted by atomic mass is 32.1. The minimum absolute atomic E-state index is 0.0412. The average Bonchev–Trinajstić information content (AvgIpc) is 3.15. The van der Waals surface area contributed by atoms with Crippen LogP contribution in [0.4, 0.5) is 0 Å². The number of thiophene rings is 1. The normalized spacial score (nSPS) is 17.6. The summed E-state index contributed by atoms with van der Waals surface area (Å²) in [6, 6.07) is 14.9. The molecule has 1 saturated heterocycles. The van der Waals surface area contributed by atoms with Gasteiger partial charge in [0.1, 0.15) is 0 Å². The highest BCUT2D eigenvalue weighted by Gasteiger charge is 2.34. The zero-order valence-electron chi connectivity index (χ0n) is 13.9. The summed E-state index contributed by atoms with van der Waals surface area (Å²) in [6.45, 7) is 3.10. The number of rotatable bonds is 6. The van der Waals surface area contributed by atoms with Crippen LogP contribution in [0.1, 0.15) is 23.3 Å². The van der Waals surface area contributed by atoms with Gasteiger partial charge in [-0.05, 0) is 36.3 Å². The molecule has 4 nitrogen and oxygen atoms in total. The van der Waals surface area contributed by atoms with E-state index in [1.54, 1.807) is 11.3 Å². The summed E-state index contributed by atoms with van der Waals surface area (Å²) in [5, 5.41) is 5.33. The van der Waals surface area contributed by atoms with E-state index in [0.29, 0.717) is 12.5 Å². The first-order chi connectivity index (χ1) is 11.8. The highest BCUT2D eigenvalue weighted by Crippen LogP contribution is 2.35. The summed E-state index contributed by atoms with van der Waals surface area (Å²) < 4.78 is 5.57. The Kier molecular flexibility index (Phi) is 5.88. The van der Waals surface area contributed by atoms with Crippen molar-refractivity contribution >= 4 is 17.3 Å². The zero-order valence-corrected chi connectivity index (χ0v) is 14.7. The first kappa shape index (κ1) is 17.0. The third kappa shape index (κ3) is 4.36. The van der Waals surface area contributed by atoms with Gasteiger partial charge in [0.25, 0.3) is 0 Å². The molecule has 1 aromatic carbocycles. The molecule has 0 atom stereocenters. The van der Waals surface area contributed by atoms with Crippen LogP contribution in [0.3, 0.4) is 0 Å². The van der Waals surface area contributed by atoms with Gasteiger partial charge in [0.15, 0.2) is 5.96 Å². The minimum atomic E-state index is 0.0412. The molecule has 0 amide bonds. The summed E-state index contributed by atoms with van der Waals surface area (Å²) in [4.78, 5) is 6.01. The number of guanidine groups is 1. The second-order valence-corrected chi connectivity index (χ2v) is 7.25. The minimum Gasteiger partial charge on any atom is -0.381 e. The maximum atomic E-state index is 6.08. The molecule has 0 bridgehead atoms. The van der Waals surface area contributed by atoms with Gasteiger partial charge in [-0.25, -0.2) is 0 Å². The van der Waals surface area contributed by atoms with Gasteiger partial charge in [0.2, 0.25) is 0 Å². The number of nitrogens with two attached hydrogens (primary N) is 1. The quantitative estimate of drug-likeness (QED) is 0.626. The van der Waals surface area contributed by atoms with Crippen LogP contribution in [0.2, 0.25) is 0 Å². The molecule has 0 unspecified atom stereocenters. The van der Waals surface area contributed by atoms with Crippen LogP contribution in [0.25, 0.3) is 0 Å². The largest absolute Gasteiger partial charge is 0.381 e. The van der Waals surface area contributed by atoms with E-state index >= 15 is 0 Å². The summed E-state index contributed by atoms with van der Waals surface area (Å²) in [5.41, 5.74) is 7.46. The second kappa shape index (κ2) is 8.31. The van der Waals surface area contributed by atoms with Crippen molar-refractivity contribution in [3.8, 4) is 0 Å². The van der Waals surface area contributed by atoms with Crippen LogP contribution in [0.15, 0.2) is 52.8 Å². The molecule has 2 aromatic rings. The lowest BCUT2D eigenvalue weighted by Gasteiger charge is -2.36. The molecule has 0 spiro atoms. The van der Waals surface area contributed by atoms with E-state index in [9.17, 15) is 0 Å². The third-order valence-corrected chi connectivity index (χ3v) is 5.58. The van der Waals surface area contributed by atoms with E-state index in [1.807, 2.05) is 0 Å². The standard InChI is InChI=1S/C19H25N3OS/c20-18(21-11-8-17-7-4-14-24-17)22-15-19(9-12-23-13-10-19)16-5-2-1-3-6-16/h1-7,14H,8-13,15H2,(H3,20,21,22). The van der Waals surface area contributed by atoms with Crippen molar-refractivity contribution in [1.29, 1.82) is 0 Å². The first-order valence-electron chi connectivity index (χ1n) is 8.48. The van der Waals surface area contributed by atoms with Crippen molar-refractivity contribution in [3.05, 3.63) is 58.3 Å². The van der Waals surface area contributed by atoms with Crippen LogP contribution < -0.4 is 11.1 Å². The Balaban J connectivity index is 1.60. The molecule has 1 aromatic heterocycles. The predicted octanol–water partition coefficient (Wildman–Crippen LogP) is 2.94. The Morgan fingerprint density at radius 2 is 1.96 bits per heavy atom. The predicted molar refractivity (Wildman–Crippen MR) is 101 cm³/mol. The van der Waals surface area contributed by atoms with E-state index in [-0.39, 0.29) is 5.41 Å². The van der Waals surface area contributed by atoms with Gasteiger partial charge in [-0.2, -0.15) is 0 Å². The number of hydrogen-bond acceptors (Lipinski definition) is 3. The van der Waals surface area contributed by atoms with Crippen LogP contribution in [-0.2, 0) is 16.6 Å². The van der Waals surface area contributed by atoms with E-state index in [4.69, 9.17) is 10.5 Å².